The Morgan fingerprint density at radius 3 is 2.04 bits per heavy atom. The van der Waals surface area contributed by atoms with Crippen LogP contribution in [0.2, 0.25) is 0 Å². The van der Waals surface area contributed by atoms with Crippen LogP contribution in [-0.2, 0) is 4.79 Å². The SMILES string of the molecule is COc1ccc(/C=C/C(=O)N/N=C\c2cc(OC)c(OC)c(OC)c2)cc1. The molecule has 7 nitrogen and oxygen atoms in total. The molecule has 1 amide bonds. The summed E-state index contributed by atoms with van der Waals surface area (Å²) >= 11 is 0. The van der Waals surface area contributed by atoms with Crippen LogP contribution in [0.1, 0.15) is 11.1 Å². The van der Waals surface area contributed by atoms with Gasteiger partial charge < -0.3 is 18.9 Å². The van der Waals surface area contributed by atoms with E-state index in [4.69, 9.17) is 18.9 Å². The maximum atomic E-state index is 11.9. The normalized spacial score (nSPS) is 10.8. The van der Waals surface area contributed by atoms with Gasteiger partial charge in [0.1, 0.15) is 5.75 Å². The predicted molar refractivity (Wildman–Crippen MR) is 104 cm³/mol. The van der Waals surface area contributed by atoms with Gasteiger partial charge in [-0.25, -0.2) is 5.43 Å². The number of carbonyl (C=O) groups excluding carboxylic acids is 1. The fraction of sp³-hybridized carbons (Fsp3) is 0.200. The minimum absolute atomic E-state index is 0.352. The largest absolute Gasteiger partial charge is 0.497 e. The lowest BCUT2D eigenvalue weighted by Crippen LogP contribution is -2.14. The highest BCUT2D eigenvalue weighted by molar-refractivity contribution is 5.92. The number of hydrazone groups is 1. The summed E-state index contributed by atoms with van der Waals surface area (Å²) in [6.45, 7) is 0. The Morgan fingerprint density at radius 1 is 0.889 bits per heavy atom. The van der Waals surface area contributed by atoms with Gasteiger partial charge in [-0.05, 0) is 35.9 Å². The number of amides is 1. The summed E-state index contributed by atoms with van der Waals surface area (Å²) in [6, 6.07) is 10.8. The number of rotatable bonds is 8. The molecule has 0 saturated carbocycles. The highest BCUT2D eigenvalue weighted by Crippen LogP contribution is 2.37. The summed E-state index contributed by atoms with van der Waals surface area (Å²) in [6.07, 6.45) is 4.57. The highest BCUT2D eigenvalue weighted by Gasteiger charge is 2.12. The van der Waals surface area contributed by atoms with E-state index in [0.29, 0.717) is 22.8 Å². The number of nitrogens with one attached hydrogen (secondary N) is 1. The minimum atomic E-state index is -0.352. The van der Waals surface area contributed by atoms with E-state index in [2.05, 4.69) is 10.5 Å². The molecule has 0 aromatic heterocycles. The lowest BCUT2D eigenvalue weighted by atomic mass is 10.2. The summed E-state index contributed by atoms with van der Waals surface area (Å²) < 4.78 is 20.9. The molecule has 0 aliphatic heterocycles. The maximum Gasteiger partial charge on any atom is 0.264 e. The summed E-state index contributed by atoms with van der Waals surface area (Å²) in [7, 11) is 6.20. The smallest absolute Gasteiger partial charge is 0.264 e. The number of ether oxygens (including phenoxy) is 4. The molecule has 0 bridgehead atoms. The number of hydrogen-bond donors (Lipinski definition) is 1. The second kappa shape index (κ2) is 9.86. The number of carbonyl (C=O) groups is 1. The molecule has 1 N–H and O–H groups in total. The average molecular weight is 370 g/mol. The van der Waals surface area contributed by atoms with E-state index in [9.17, 15) is 4.79 Å². The van der Waals surface area contributed by atoms with Gasteiger partial charge in [-0.2, -0.15) is 5.10 Å². The van der Waals surface area contributed by atoms with E-state index in [1.165, 1.54) is 33.6 Å². The van der Waals surface area contributed by atoms with Gasteiger partial charge in [-0.15, -0.1) is 0 Å². The van der Waals surface area contributed by atoms with Gasteiger partial charge in [0, 0.05) is 11.6 Å². The van der Waals surface area contributed by atoms with Crippen molar-refractivity contribution in [1.82, 2.24) is 5.43 Å². The van der Waals surface area contributed by atoms with E-state index in [0.717, 1.165) is 11.3 Å². The molecule has 0 spiro atoms. The monoisotopic (exact) mass is 370 g/mol. The lowest BCUT2D eigenvalue weighted by Gasteiger charge is -2.12. The Labute approximate surface area is 158 Å². The van der Waals surface area contributed by atoms with Crippen molar-refractivity contribution in [2.24, 2.45) is 5.10 Å². The number of methoxy groups -OCH3 is 4. The molecule has 2 aromatic carbocycles. The molecule has 0 aliphatic carbocycles. The first-order valence-corrected chi connectivity index (χ1v) is 8.06. The molecule has 0 atom stereocenters. The third-order valence-electron chi connectivity index (χ3n) is 3.62. The van der Waals surface area contributed by atoms with Crippen LogP contribution in [0.25, 0.3) is 6.08 Å². The molecule has 7 heteroatoms. The molecule has 0 heterocycles. The highest BCUT2D eigenvalue weighted by atomic mass is 16.5. The second-order valence-electron chi connectivity index (χ2n) is 5.30. The molecule has 27 heavy (non-hydrogen) atoms. The van der Waals surface area contributed by atoms with E-state index in [1.54, 1.807) is 25.3 Å². The third-order valence-corrected chi connectivity index (χ3v) is 3.62. The molecule has 2 aromatic rings. The molecule has 0 saturated heterocycles. The van der Waals surface area contributed by atoms with Gasteiger partial charge in [-0.1, -0.05) is 12.1 Å². The zero-order valence-electron chi connectivity index (χ0n) is 15.7. The molecule has 0 fully saturated rings. The van der Waals surface area contributed by atoms with Crippen molar-refractivity contribution in [3.05, 3.63) is 53.6 Å². The lowest BCUT2D eigenvalue weighted by molar-refractivity contribution is -0.116. The standard InChI is InChI=1S/C20H22N2O5/c1-24-16-8-5-14(6-9-16)7-10-19(23)22-21-13-15-11-17(25-2)20(27-4)18(12-15)26-3/h5-13H,1-4H3,(H,22,23)/b10-7+,21-13-. The Hall–Kier alpha value is -3.48. The summed E-state index contributed by atoms with van der Waals surface area (Å²) in [5.74, 6) is 1.90. The van der Waals surface area contributed by atoms with Gasteiger partial charge in [0.25, 0.3) is 5.91 Å². The molecule has 0 unspecified atom stereocenters. The quantitative estimate of drug-likeness (QED) is 0.439. The molecular formula is C20H22N2O5. The Bertz CT molecular complexity index is 804. The van der Waals surface area contributed by atoms with Crippen LogP contribution in [0.15, 0.2) is 47.6 Å². The topological polar surface area (TPSA) is 78.4 Å². The van der Waals surface area contributed by atoms with Crippen LogP contribution in [0.5, 0.6) is 23.0 Å². The first-order chi connectivity index (χ1) is 13.1. The van der Waals surface area contributed by atoms with Crippen molar-refractivity contribution in [3.63, 3.8) is 0 Å². The first kappa shape index (κ1) is 19.8. The molecular weight excluding hydrogens is 348 g/mol. The van der Waals surface area contributed by atoms with E-state index in [-0.39, 0.29) is 5.91 Å². The number of hydrogen-bond acceptors (Lipinski definition) is 6. The fourth-order valence-electron chi connectivity index (χ4n) is 2.27. The van der Waals surface area contributed by atoms with Gasteiger partial charge in [-0.3, -0.25) is 4.79 Å². The van der Waals surface area contributed by atoms with Gasteiger partial charge in [0.05, 0.1) is 34.7 Å². The van der Waals surface area contributed by atoms with Crippen molar-refractivity contribution in [2.45, 2.75) is 0 Å². The van der Waals surface area contributed by atoms with Gasteiger partial charge in [0.15, 0.2) is 11.5 Å². The first-order valence-electron chi connectivity index (χ1n) is 8.06. The number of benzene rings is 2. The van der Waals surface area contributed by atoms with Crippen molar-refractivity contribution in [2.75, 3.05) is 28.4 Å². The Morgan fingerprint density at radius 2 is 1.52 bits per heavy atom. The zero-order chi connectivity index (χ0) is 19.6. The molecule has 0 aliphatic rings. The van der Waals surface area contributed by atoms with Crippen molar-refractivity contribution in [3.8, 4) is 23.0 Å². The number of nitrogens with zero attached hydrogens (tertiary/aromatic N) is 1. The summed E-state index contributed by atoms with van der Waals surface area (Å²) in [4.78, 5) is 11.9. The zero-order valence-corrected chi connectivity index (χ0v) is 15.7. The maximum absolute atomic E-state index is 11.9. The van der Waals surface area contributed by atoms with Crippen molar-refractivity contribution < 1.29 is 23.7 Å². The minimum Gasteiger partial charge on any atom is -0.497 e. The van der Waals surface area contributed by atoms with E-state index < -0.39 is 0 Å². The molecule has 142 valence electrons. The predicted octanol–water partition coefficient (Wildman–Crippen LogP) is 2.88. The summed E-state index contributed by atoms with van der Waals surface area (Å²) in [5.41, 5.74) is 3.99. The van der Waals surface area contributed by atoms with Crippen LogP contribution >= 0.6 is 0 Å². The van der Waals surface area contributed by atoms with Crippen LogP contribution in [-0.4, -0.2) is 40.6 Å². The Balaban J connectivity index is 2.01. The fourth-order valence-corrected chi connectivity index (χ4v) is 2.27. The van der Waals surface area contributed by atoms with Gasteiger partial charge in [0.2, 0.25) is 5.75 Å². The van der Waals surface area contributed by atoms with Crippen LogP contribution in [0.3, 0.4) is 0 Å². The second-order valence-corrected chi connectivity index (χ2v) is 5.30. The van der Waals surface area contributed by atoms with Gasteiger partial charge >= 0.3 is 0 Å². The average Bonchev–Trinajstić information content (AvgIpc) is 2.71. The van der Waals surface area contributed by atoms with Crippen molar-refractivity contribution >= 4 is 18.2 Å². The van der Waals surface area contributed by atoms with Crippen molar-refractivity contribution in [1.29, 1.82) is 0 Å². The van der Waals surface area contributed by atoms with E-state index in [1.807, 2.05) is 24.3 Å². The van der Waals surface area contributed by atoms with Crippen LogP contribution < -0.4 is 24.4 Å². The third kappa shape index (κ3) is 5.50. The summed E-state index contributed by atoms with van der Waals surface area (Å²) in [5, 5.41) is 3.94. The van der Waals surface area contributed by atoms with Crippen LogP contribution in [0, 0.1) is 0 Å². The van der Waals surface area contributed by atoms with E-state index >= 15 is 0 Å². The Kier molecular flexibility index (Phi) is 7.25. The van der Waals surface area contributed by atoms with Crippen LogP contribution in [0.4, 0.5) is 0 Å². The molecule has 0 radical (unpaired) electrons. The molecule has 2 rings (SSSR count).